The maximum Gasteiger partial charge on any atom is 0.119 e. The Balaban J connectivity index is 1.35. The molecule has 0 saturated carbocycles. The van der Waals surface area contributed by atoms with E-state index in [-0.39, 0.29) is 5.41 Å². The van der Waals surface area contributed by atoms with Crippen molar-refractivity contribution in [3.63, 3.8) is 0 Å². The first-order valence-electron chi connectivity index (χ1n) is 11.9. The van der Waals surface area contributed by atoms with Gasteiger partial charge in [0.25, 0.3) is 0 Å². The predicted octanol–water partition coefficient (Wildman–Crippen LogP) is 8.21. The van der Waals surface area contributed by atoms with Crippen LogP contribution in [0.25, 0.3) is 0 Å². The normalized spacial score (nSPS) is 13.6. The van der Waals surface area contributed by atoms with Gasteiger partial charge >= 0.3 is 0 Å². The molecule has 4 rings (SSSR count). The van der Waals surface area contributed by atoms with Crippen molar-refractivity contribution in [2.45, 2.75) is 52.7 Å². The molecule has 3 aromatic rings. The largest absolute Gasteiger partial charge is 0.493 e. The molecular formula is C32H34O2. The number of hydrogen-bond donors (Lipinski definition) is 0. The van der Waals surface area contributed by atoms with Crippen LogP contribution in [0.4, 0.5) is 0 Å². The van der Waals surface area contributed by atoms with Crippen molar-refractivity contribution in [2.24, 2.45) is 0 Å². The highest BCUT2D eigenvalue weighted by molar-refractivity contribution is 5.41. The van der Waals surface area contributed by atoms with Crippen LogP contribution in [0.5, 0.6) is 5.75 Å². The molecule has 2 heteroatoms. The summed E-state index contributed by atoms with van der Waals surface area (Å²) in [5, 5.41) is 0. The summed E-state index contributed by atoms with van der Waals surface area (Å²) in [6.45, 7) is 9.86. The van der Waals surface area contributed by atoms with Crippen molar-refractivity contribution < 1.29 is 9.47 Å². The molecule has 0 heterocycles. The van der Waals surface area contributed by atoms with E-state index < -0.39 is 0 Å². The summed E-state index contributed by atoms with van der Waals surface area (Å²) in [7, 11) is 0. The Labute approximate surface area is 204 Å². The van der Waals surface area contributed by atoms with Crippen molar-refractivity contribution in [1.82, 2.24) is 0 Å². The zero-order valence-corrected chi connectivity index (χ0v) is 20.7. The van der Waals surface area contributed by atoms with E-state index in [1.54, 1.807) is 0 Å². The zero-order valence-electron chi connectivity index (χ0n) is 20.7. The predicted molar refractivity (Wildman–Crippen MR) is 141 cm³/mol. The summed E-state index contributed by atoms with van der Waals surface area (Å²) >= 11 is 0. The Morgan fingerprint density at radius 3 is 1.97 bits per heavy atom. The number of benzene rings is 3. The lowest BCUT2D eigenvalue weighted by molar-refractivity contribution is 0.193. The first kappa shape index (κ1) is 23.6. The second-order valence-corrected chi connectivity index (χ2v) is 9.62. The number of allylic oxidation sites excluding steroid dienone is 5. The summed E-state index contributed by atoms with van der Waals surface area (Å²) in [6.07, 6.45) is 9.11. The summed E-state index contributed by atoms with van der Waals surface area (Å²) in [5.74, 6) is 1.88. The van der Waals surface area contributed by atoms with Gasteiger partial charge in [0.05, 0.1) is 0 Å². The quantitative estimate of drug-likeness (QED) is 0.344. The van der Waals surface area contributed by atoms with Crippen molar-refractivity contribution in [2.75, 3.05) is 0 Å². The molecule has 1 aliphatic carbocycles. The SMILES string of the molecule is CC1=CC=CC=C(OCc2cccc(COc3ccc(C(C)(C)c4ccc(C)cc4)cc3)c2)C1. The monoisotopic (exact) mass is 450 g/mol. The standard InChI is InChI=1S/C32H34O2/c1-24-12-14-28(15-13-24)32(3,4)29-16-18-30(19-17-29)33-22-26-9-7-10-27(21-26)23-34-31-11-6-5-8-25(2)20-31/h5-19,21H,20,22-23H2,1-4H3. The minimum Gasteiger partial charge on any atom is -0.493 e. The summed E-state index contributed by atoms with van der Waals surface area (Å²) in [5.41, 5.74) is 7.39. The molecule has 34 heavy (non-hydrogen) atoms. The van der Waals surface area contributed by atoms with Gasteiger partial charge < -0.3 is 9.47 Å². The average Bonchev–Trinajstić information content (AvgIpc) is 3.06. The third kappa shape index (κ3) is 6.08. The van der Waals surface area contributed by atoms with Gasteiger partial charge in [-0.2, -0.15) is 0 Å². The average molecular weight is 451 g/mol. The number of ether oxygens (including phenoxy) is 2. The Kier molecular flexibility index (Phi) is 7.37. The van der Waals surface area contributed by atoms with Gasteiger partial charge in [-0.25, -0.2) is 0 Å². The molecule has 0 spiro atoms. The number of hydrogen-bond acceptors (Lipinski definition) is 2. The minimum absolute atomic E-state index is 0.0581. The van der Waals surface area contributed by atoms with E-state index in [4.69, 9.17) is 9.47 Å². The van der Waals surface area contributed by atoms with E-state index in [1.807, 2.05) is 12.2 Å². The lowest BCUT2D eigenvalue weighted by atomic mass is 9.78. The molecular weight excluding hydrogens is 416 g/mol. The molecule has 0 fully saturated rings. The third-order valence-electron chi connectivity index (χ3n) is 6.40. The molecule has 0 saturated heterocycles. The van der Waals surface area contributed by atoms with Crippen LogP contribution < -0.4 is 4.74 Å². The summed E-state index contributed by atoms with van der Waals surface area (Å²) in [4.78, 5) is 0. The van der Waals surface area contributed by atoms with E-state index >= 15 is 0 Å². The first-order valence-corrected chi connectivity index (χ1v) is 11.9. The van der Waals surface area contributed by atoms with Crippen molar-refractivity contribution >= 4 is 0 Å². The molecule has 1 aliphatic rings. The highest BCUT2D eigenvalue weighted by Crippen LogP contribution is 2.32. The van der Waals surface area contributed by atoms with Gasteiger partial charge in [0.1, 0.15) is 24.7 Å². The molecule has 0 atom stereocenters. The molecule has 2 nitrogen and oxygen atoms in total. The summed E-state index contributed by atoms with van der Waals surface area (Å²) < 4.78 is 12.1. The molecule has 174 valence electrons. The van der Waals surface area contributed by atoms with Gasteiger partial charge in [0.15, 0.2) is 0 Å². The molecule has 0 unspecified atom stereocenters. The first-order chi connectivity index (χ1) is 16.4. The van der Waals surface area contributed by atoms with Crippen LogP contribution in [0.2, 0.25) is 0 Å². The Bertz CT molecular complexity index is 1190. The molecule has 0 radical (unpaired) electrons. The Morgan fingerprint density at radius 2 is 1.29 bits per heavy atom. The molecule has 0 amide bonds. The number of aryl methyl sites for hydroxylation is 1. The zero-order chi connectivity index (χ0) is 24.0. The van der Waals surface area contributed by atoms with E-state index in [2.05, 4.69) is 113 Å². The van der Waals surface area contributed by atoms with E-state index in [0.29, 0.717) is 13.2 Å². The van der Waals surface area contributed by atoms with Gasteiger partial charge in [0.2, 0.25) is 0 Å². The van der Waals surface area contributed by atoms with Gasteiger partial charge in [-0.3, -0.25) is 0 Å². The molecule has 0 aromatic heterocycles. The topological polar surface area (TPSA) is 18.5 Å². The van der Waals surface area contributed by atoms with Gasteiger partial charge in [0, 0.05) is 11.8 Å². The fraction of sp³-hybridized carbons (Fsp3) is 0.250. The Morgan fingerprint density at radius 1 is 0.706 bits per heavy atom. The minimum atomic E-state index is -0.0581. The van der Waals surface area contributed by atoms with Gasteiger partial charge in [-0.05, 0) is 60.4 Å². The van der Waals surface area contributed by atoms with Gasteiger partial charge in [-0.15, -0.1) is 0 Å². The smallest absolute Gasteiger partial charge is 0.119 e. The molecule has 0 N–H and O–H groups in total. The van der Waals surface area contributed by atoms with E-state index in [0.717, 1.165) is 29.1 Å². The van der Waals surface area contributed by atoms with E-state index in [1.165, 1.54) is 22.3 Å². The van der Waals surface area contributed by atoms with Crippen LogP contribution in [-0.2, 0) is 23.4 Å². The van der Waals surface area contributed by atoms with Crippen molar-refractivity contribution in [3.05, 3.63) is 136 Å². The lowest BCUT2D eigenvalue weighted by Crippen LogP contribution is -2.18. The van der Waals surface area contributed by atoms with Crippen LogP contribution in [0.15, 0.2) is 108 Å². The highest BCUT2D eigenvalue weighted by atomic mass is 16.5. The highest BCUT2D eigenvalue weighted by Gasteiger charge is 2.22. The fourth-order valence-corrected chi connectivity index (χ4v) is 4.13. The van der Waals surface area contributed by atoms with Crippen LogP contribution >= 0.6 is 0 Å². The van der Waals surface area contributed by atoms with Crippen LogP contribution in [0.3, 0.4) is 0 Å². The fourth-order valence-electron chi connectivity index (χ4n) is 4.13. The lowest BCUT2D eigenvalue weighted by Gasteiger charge is -2.26. The van der Waals surface area contributed by atoms with Crippen LogP contribution in [0, 0.1) is 6.92 Å². The molecule has 3 aromatic carbocycles. The second kappa shape index (κ2) is 10.6. The van der Waals surface area contributed by atoms with Crippen molar-refractivity contribution in [1.29, 1.82) is 0 Å². The van der Waals surface area contributed by atoms with Crippen molar-refractivity contribution in [3.8, 4) is 5.75 Å². The van der Waals surface area contributed by atoms with Crippen LogP contribution in [-0.4, -0.2) is 0 Å². The second-order valence-electron chi connectivity index (χ2n) is 9.62. The maximum atomic E-state index is 6.09. The van der Waals surface area contributed by atoms with Gasteiger partial charge in [-0.1, -0.05) is 97.8 Å². The maximum absolute atomic E-state index is 6.09. The number of rotatable bonds is 8. The Hall–Kier alpha value is -3.52. The molecule has 0 aliphatic heterocycles. The molecule has 0 bridgehead atoms. The van der Waals surface area contributed by atoms with Crippen LogP contribution in [0.1, 0.15) is 55.0 Å². The summed E-state index contributed by atoms with van der Waals surface area (Å²) in [6, 6.07) is 25.7. The van der Waals surface area contributed by atoms with E-state index in [9.17, 15) is 0 Å². The third-order valence-corrected chi connectivity index (χ3v) is 6.40.